The van der Waals surface area contributed by atoms with Gasteiger partial charge in [0.1, 0.15) is 5.39 Å². The van der Waals surface area contributed by atoms with Gasteiger partial charge in [0, 0.05) is 0 Å². The zero-order valence-corrected chi connectivity index (χ0v) is 13.8. The highest BCUT2D eigenvalue weighted by atomic mass is 16.5. The van der Waals surface area contributed by atoms with Gasteiger partial charge in [0.05, 0.1) is 18.3 Å². The number of nitrogens with one attached hydrogen (secondary N) is 3. The Morgan fingerprint density at radius 2 is 2.21 bits per heavy atom. The highest BCUT2D eigenvalue weighted by Gasteiger charge is 2.20. The van der Waals surface area contributed by atoms with Crippen molar-refractivity contribution in [2.24, 2.45) is 0 Å². The van der Waals surface area contributed by atoms with Crippen molar-refractivity contribution in [3.8, 4) is 0 Å². The molecule has 0 aromatic carbocycles. The molecule has 24 heavy (non-hydrogen) atoms. The van der Waals surface area contributed by atoms with Gasteiger partial charge < -0.3 is 4.74 Å². The fraction of sp³-hybridized carbons (Fsp3) is 0.467. The van der Waals surface area contributed by atoms with Crippen LogP contribution in [-0.4, -0.2) is 32.3 Å². The summed E-state index contributed by atoms with van der Waals surface area (Å²) >= 11 is 0. The van der Waals surface area contributed by atoms with Gasteiger partial charge in [-0.1, -0.05) is 0 Å². The first-order valence-electron chi connectivity index (χ1n) is 7.74. The summed E-state index contributed by atoms with van der Waals surface area (Å²) in [4.78, 5) is 31.0. The fourth-order valence-electron chi connectivity index (χ4n) is 2.36. The van der Waals surface area contributed by atoms with Crippen LogP contribution in [0.5, 0.6) is 0 Å². The maximum atomic E-state index is 12.1. The van der Waals surface area contributed by atoms with Crippen LogP contribution in [0.15, 0.2) is 22.8 Å². The highest BCUT2D eigenvalue weighted by Crippen LogP contribution is 2.18. The smallest absolute Gasteiger partial charge is 0.304 e. The van der Waals surface area contributed by atoms with Crippen LogP contribution in [0.1, 0.15) is 33.6 Å². The molecule has 0 unspecified atom stereocenters. The summed E-state index contributed by atoms with van der Waals surface area (Å²) in [6.07, 6.45) is 4.91. The number of rotatable bonds is 3. The third-order valence-electron chi connectivity index (χ3n) is 3.53. The third-order valence-corrected chi connectivity index (χ3v) is 3.53. The first kappa shape index (κ1) is 16.0. The van der Waals surface area contributed by atoms with Crippen LogP contribution < -0.4 is 16.4 Å². The maximum Gasteiger partial charge on any atom is 0.304 e. The van der Waals surface area contributed by atoms with Crippen LogP contribution in [0.25, 0.3) is 11.0 Å². The molecule has 9 heteroatoms. The number of aromatic amines is 1. The predicted molar refractivity (Wildman–Crippen MR) is 88.2 cm³/mol. The molecule has 3 rings (SSSR count). The molecule has 3 heterocycles. The van der Waals surface area contributed by atoms with Gasteiger partial charge in [0.15, 0.2) is 11.4 Å². The minimum absolute atomic E-state index is 0.128. The number of hydrogen-bond acceptors (Lipinski definition) is 6. The van der Waals surface area contributed by atoms with Crippen molar-refractivity contribution in [2.75, 3.05) is 12.0 Å². The van der Waals surface area contributed by atoms with E-state index in [1.165, 1.54) is 6.20 Å². The van der Waals surface area contributed by atoms with E-state index in [9.17, 15) is 9.59 Å². The van der Waals surface area contributed by atoms with Crippen molar-refractivity contribution in [3.05, 3.63) is 28.4 Å². The van der Waals surface area contributed by atoms with E-state index in [4.69, 9.17) is 4.74 Å². The lowest BCUT2D eigenvalue weighted by molar-refractivity contribution is -0.120. The van der Waals surface area contributed by atoms with Gasteiger partial charge in [-0.3, -0.25) is 25.4 Å². The van der Waals surface area contributed by atoms with E-state index in [1.807, 2.05) is 20.8 Å². The number of allylic oxidation sites excluding steroid dienone is 1. The Kier molecular flexibility index (Phi) is 4.00. The van der Waals surface area contributed by atoms with Gasteiger partial charge in [-0.25, -0.2) is 4.68 Å². The number of carbonyl (C=O) groups is 1. The molecule has 2 aromatic rings. The lowest BCUT2D eigenvalue weighted by atomic mass is 10.1. The Balaban J connectivity index is 1.83. The van der Waals surface area contributed by atoms with E-state index in [2.05, 4.69) is 25.9 Å². The van der Waals surface area contributed by atoms with Gasteiger partial charge >= 0.3 is 5.91 Å². The molecule has 0 spiro atoms. The number of nitrogens with zero attached hydrogens (tertiary/aromatic N) is 3. The van der Waals surface area contributed by atoms with Crippen molar-refractivity contribution < 1.29 is 9.53 Å². The van der Waals surface area contributed by atoms with Crippen molar-refractivity contribution in [2.45, 2.75) is 39.2 Å². The topological polar surface area (TPSA) is 114 Å². The van der Waals surface area contributed by atoms with E-state index in [-0.39, 0.29) is 22.8 Å². The van der Waals surface area contributed by atoms with Crippen LogP contribution >= 0.6 is 0 Å². The lowest BCUT2D eigenvalue weighted by Gasteiger charge is -2.20. The summed E-state index contributed by atoms with van der Waals surface area (Å²) in [5, 5.41) is 4.62. The number of anilines is 1. The molecule has 1 amide bonds. The van der Waals surface area contributed by atoms with Crippen molar-refractivity contribution >= 4 is 22.9 Å². The number of amides is 1. The van der Waals surface area contributed by atoms with Crippen LogP contribution in [0, 0.1) is 0 Å². The van der Waals surface area contributed by atoms with E-state index in [1.54, 1.807) is 10.8 Å². The van der Waals surface area contributed by atoms with Gasteiger partial charge in [0.2, 0.25) is 5.95 Å². The number of H-pyrrole nitrogens is 1. The Morgan fingerprint density at radius 3 is 2.88 bits per heavy atom. The Hall–Kier alpha value is -2.84. The van der Waals surface area contributed by atoms with E-state index in [0.29, 0.717) is 17.6 Å². The first-order chi connectivity index (χ1) is 11.4. The van der Waals surface area contributed by atoms with E-state index < -0.39 is 5.91 Å². The predicted octanol–water partition coefficient (Wildman–Crippen LogP) is 1.01. The SMILES string of the molecule is CC(C)(C)n1ncc2c(=O)[nH]c(NNC(=O)C3=CCCCO3)nc21. The van der Waals surface area contributed by atoms with Crippen LogP contribution in [-0.2, 0) is 15.1 Å². The summed E-state index contributed by atoms with van der Waals surface area (Å²) in [7, 11) is 0. The molecule has 0 radical (unpaired) electrons. The summed E-state index contributed by atoms with van der Waals surface area (Å²) < 4.78 is 6.94. The molecule has 1 aliphatic heterocycles. The second kappa shape index (κ2) is 5.99. The summed E-state index contributed by atoms with van der Waals surface area (Å²) in [5.41, 5.74) is 4.86. The Bertz CT molecular complexity index is 858. The van der Waals surface area contributed by atoms with E-state index >= 15 is 0 Å². The number of aromatic nitrogens is 4. The van der Waals surface area contributed by atoms with Gasteiger partial charge in [-0.15, -0.1) is 0 Å². The molecule has 0 aliphatic carbocycles. The molecule has 0 fully saturated rings. The summed E-state index contributed by atoms with van der Waals surface area (Å²) in [5.74, 6) is -0.0260. The average molecular weight is 332 g/mol. The van der Waals surface area contributed by atoms with Crippen molar-refractivity contribution in [3.63, 3.8) is 0 Å². The number of hydrazine groups is 1. The zero-order valence-electron chi connectivity index (χ0n) is 13.8. The summed E-state index contributed by atoms with van der Waals surface area (Å²) in [6, 6.07) is 0. The van der Waals surface area contributed by atoms with E-state index in [0.717, 1.165) is 12.8 Å². The second-order valence-electron chi connectivity index (χ2n) is 6.52. The van der Waals surface area contributed by atoms with Crippen molar-refractivity contribution in [1.82, 2.24) is 25.2 Å². The molecule has 9 nitrogen and oxygen atoms in total. The standard InChI is InChI=1S/C15H20N6O3/c1-15(2,3)21-11-9(8-16-21)12(22)18-14(17-11)20-19-13(23)10-6-4-5-7-24-10/h6,8H,4-5,7H2,1-3H3,(H,19,23)(H2,17,18,20,22). The summed E-state index contributed by atoms with van der Waals surface area (Å²) in [6.45, 7) is 6.41. The molecule has 0 saturated carbocycles. The first-order valence-corrected chi connectivity index (χ1v) is 7.74. The van der Waals surface area contributed by atoms with Gasteiger partial charge in [0.25, 0.3) is 5.56 Å². The van der Waals surface area contributed by atoms with Gasteiger partial charge in [-0.2, -0.15) is 10.1 Å². The molecule has 1 aliphatic rings. The molecule has 0 atom stereocenters. The van der Waals surface area contributed by atoms with Crippen molar-refractivity contribution in [1.29, 1.82) is 0 Å². The minimum Gasteiger partial charge on any atom is -0.488 e. The monoisotopic (exact) mass is 332 g/mol. The molecular formula is C15H20N6O3. The molecule has 0 saturated heterocycles. The number of ether oxygens (including phenoxy) is 1. The van der Waals surface area contributed by atoms with Crippen LogP contribution in [0.4, 0.5) is 5.95 Å². The van der Waals surface area contributed by atoms with Crippen LogP contribution in [0.2, 0.25) is 0 Å². The Morgan fingerprint density at radius 1 is 1.42 bits per heavy atom. The van der Waals surface area contributed by atoms with Gasteiger partial charge in [-0.05, 0) is 39.7 Å². The normalized spacial score (nSPS) is 14.9. The maximum absolute atomic E-state index is 12.1. The Labute approximate surface area is 138 Å². The minimum atomic E-state index is -0.415. The zero-order chi connectivity index (χ0) is 17.3. The second-order valence-corrected chi connectivity index (χ2v) is 6.52. The van der Waals surface area contributed by atoms with Crippen LogP contribution in [0.3, 0.4) is 0 Å². The average Bonchev–Trinajstić information content (AvgIpc) is 2.98. The quantitative estimate of drug-likeness (QED) is 0.723. The number of carbonyl (C=O) groups excluding carboxylic acids is 1. The third kappa shape index (κ3) is 3.10. The fourth-order valence-corrected chi connectivity index (χ4v) is 2.36. The largest absolute Gasteiger partial charge is 0.488 e. The molecule has 2 aromatic heterocycles. The molecule has 3 N–H and O–H groups in total. The molecule has 128 valence electrons. The molecular weight excluding hydrogens is 312 g/mol. The lowest BCUT2D eigenvalue weighted by Crippen LogP contribution is -2.34. The number of hydrogen-bond donors (Lipinski definition) is 3. The highest BCUT2D eigenvalue weighted by molar-refractivity contribution is 5.92. The number of fused-ring (bicyclic) bond motifs is 1. The molecule has 0 bridgehead atoms.